The zero-order chi connectivity index (χ0) is 13.2. The maximum absolute atomic E-state index is 10.6. The number of benzene rings is 1. The number of hydrogen-bond acceptors (Lipinski definition) is 2. The number of fused-ring (bicyclic) bond motifs is 2. The van der Waals surface area contributed by atoms with Crippen molar-refractivity contribution in [1.29, 1.82) is 0 Å². The van der Waals surface area contributed by atoms with Gasteiger partial charge in [-0.3, -0.25) is 0 Å². The van der Waals surface area contributed by atoms with Crippen LogP contribution in [0.2, 0.25) is 0 Å². The van der Waals surface area contributed by atoms with Gasteiger partial charge in [-0.15, -0.1) is 0 Å². The lowest BCUT2D eigenvalue weighted by Gasteiger charge is -2.16. The zero-order valence-electron chi connectivity index (χ0n) is 10.9. The SMILES string of the molecule is O=C([O-])c1ccc(C[NH2+]CC2CC3C=CC2C3)cc1. The maximum Gasteiger partial charge on any atom is 0.101 e. The summed E-state index contributed by atoms with van der Waals surface area (Å²) in [5, 5.41) is 13.0. The number of quaternary nitrogens is 1. The van der Waals surface area contributed by atoms with Crippen molar-refractivity contribution in [2.75, 3.05) is 6.54 Å². The van der Waals surface area contributed by atoms with E-state index in [1.54, 1.807) is 12.1 Å². The molecular formula is C16H19NO2. The quantitative estimate of drug-likeness (QED) is 0.773. The van der Waals surface area contributed by atoms with Crippen LogP contribution >= 0.6 is 0 Å². The number of carboxylic acid groups (broad SMARTS) is 1. The minimum Gasteiger partial charge on any atom is -0.545 e. The summed E-state index contributed by atoms with van der Waals surface area (Å²) in [6.45, 7) is 2.10. The summed E-state index contributed by atoms with van der Waals surface area (Å²) in [4.78, 5) is 10.6. The number of carbonyl (C=O) groups is 1. The van der Waals surface area contributed by atoms with Crippen LogP contribution in [0.4, 0.5) is 0 Å². The molecule has 3 atom stereocenters. The van der Waals surface area contributed by atoms with E-state index in [4.69, 9.17) is 0 Å². The fraction of sp³-hybridized carbons (Fsp3) is 0.438. The first-order valence-corrected chi connectivity index (χ1v) is 7.02. The monoisotopic (exact) mass is 257 g/mol. The van der Waals surface area contributed by atoms with E-state index in [1.807, 2.05) is 12.1 Å². The van der Waals surface area contributed by atoms with Crippen LogP contribution in [0.5, 0.6) is 0 Å². The molecule has 3 nitrogen and oxygen atoms in total. The van der Waals surface area contributed by atoms with Crippen molar-refractivity contribution in [2.24, 2.45) is 17.8 Å². The summed E-state index contributed by atoms with van der Waals surface area (Å²) >= 11 is 0. The van der Waals surface area contributed by atoms with Crippen LogP contribution in [0, 0.1) is 17.8 Å². The van der Waals surface area contributed by atoms with E-state index >= 15 is 0 Å². The summed E-state index contributed by atoms with van der Waals surface area (Å²) in [5.74, 6) is 1.37. The first-order valence-electron chi connectivity index (χ1n) is 7.02. The molecule has 1 fully saturated rings. The average Bonchev–Trinajstić information content (AvgIpc) is 3.02. The van der Waals surface area contributed by atoms with Gasteiger partial charge in [-0.1, -0.05) is 36.4 Å². The summed E-state index contributed by atoms with van der Waals surface area (Å²) in [5.41, 5.74) is 1.42. The van der Waals surface area contributed by atoms with Gasteiger partial charge in [-0.25, -0.2) is 0 Å². The average molecular weight is 257 g/mol. The summed E-state index contributed by atoms with van der Waals surface area (Å²) in [7, 11) is 0. The predicted octanol–water partition coefficient (Wildman–Crippen LogP) is 0.326. The van der Waals surface area contributed by atoms with Crippen molar-refractivity contribution in [3.63, 3.8) is 0 Å². The normalized spacial score (nSPS) is 27.9. The van der Waals surface area contributed by atoms with Crippen LogP contribution in [0.15, 0.2) is 36.4 Å². The van der Waals surface area contributed by atoms with E-state index in [-0.39, 0.29) is 5.56 Å². The number of allylic oxidation sites excluding steroid dienone is 2. The van der Waals surface area contributed by atoms with Gasteiger partial charge in [0, 0.05) is 11.5 Å². The maximum atomic E-state index is 10.6. The highest BCUT2D eigenvalue weighted by atomic mass is 16.4. The van der Waals surface area contributed by atoms with Crippen molar-refractivity contribution in [1.82, 2.24) is 0 Å². The molecular weight excluding hydrogens is 238 g/mol. The smallest absolute Gasteiger partial charge is 0.101 e. The molecule has 19 heavy (non-hydrogen) atoms. The van der Waals surface area contributed by atoms with E-state index in [1.165, 1.54) is 24.9 Å². The minimum atomic E-state index is -1.11. The Balaban J connectivity index is 1.47. The number of carboxylic acids is 1. The zero-order valence-corrected chi connectivity index (χ0v) is 10.9. The van der Waals surface area contributed by atoms with Crippen LogP contribution in [0.3, 0.4) is 0 Å². The first-order chi connectivity index (χ1) is 9.22. The number of nitrogens with two attached hydrogens (primary N) is 1. The molecule has 1 saturated carbocycles. The largest absolute Gasteiger partial charge is 0.545 e. The molecule has 0 spiro atoms. The molecule has 3 heteroatoms. The van der Waals surface area contributed by atoms with Gasteiger partial charge >= 0.3 is 0 Å². The van der Waals surface area contributed by atoms with E-state index in [0.29, 0.717) is 0 Å². The summed E-state index contributed by atoms with van der Waals surface area (Å²) < 4.78 is 0. The van der Waals surface area contributed by atoms with Gasteiger partial charge in [-0.2, -0.15) is 0 Å². The molecule has 3 unspecified atom stereocenters. The molecule has 2 N–H and O–H groups in total. The van der Waals surface area contributed by atoms with Crippen LogP contribution in [-0.2, 0) is 6.54 Å². The Hall–Kier alpha value is -1.61. The Labute approximate surface area is 113 Å². The van der Waals surface area contributed by atoms with Gasteiger partial charge < -0.3 is 15.2 Å². The minimum absolute atomic E-state index is 0.252. The number of hydrogen-bond donors (Lipinski definition) is 1. The molecule has 0 amide bonds. The van der Waals surface area contributed by atoms with Gasteiger partial charge in [0.1, 0.15) is 6.54 Å². The third-order valence-electron chi connectivity index (χ3n) is 4.46. The van der Waals surface area contributed by atoms with E-state index in [0.717, 1.165) is 24.3 Å². The predicted molar refractivity (Wildman–Crippen MR) is 70.1 cm³/mol. The molecule has 0 radical (unpaired) electrons. The topological polar surface area (TPSA) is 56.7 Å². The lowest BCUT2D eigenvalue weighted by molar-refractivity contribution is -0.676. The molecule has 3 rings (SSSR count). The van der Waals surface area contributed by atoms with E-state index in [9.17, 15) is 9.90 Å². The van der Waals surface area contributed by atoms with Gasteiger partial charge in [-0.05, 0) is 30.2 Å². The second-order valence-corrected chi connectivity index (χ2v) is 5.75. The molecule has 1 aromatic carbocycles. The van der Waals surface area contributed by atoms with Crippen LogP contribution < -0.4 is 10.4 Å². The molecule has 0 aliphatic heterocycles. The standard InChI is InChI=1S/C16H19NO2/c18-16(19)13-4-1-11(2-5-13)9-17-10-15-8-12-3-6-14(15)7-12/h1-6,12,14-15,17H,7-10H2,(H,18,19). The highest BCUT2D eigenvalue weighted by molar-refractivity contribution is 5.85. The Bertz CT molecular complexity index is 492. The van der Waals surface area contributed by atoms with Crippen LogP contribution in [-0.4, -0.2) is 12.5 Å². The fourth-order valence-electron chi connectivity index (χ4n) is 3.41. The van der Waals surface area contributed by atoms with E-state index < -0.39 is 5.97 Å². The molecule has 100 valence electrons. The first kappa shape index (κ1) is 12.4. The second-order valence-electron chi connectivity index (χ2n) is 5.75. The Kier molecular flexibility index (Phi) is 3.38. The number of aromatic carboxylic acids is 1. The van der Waals surface area contributed by atoms with Crippen LogP contribution in [0.25, 0.3) is 0 Å². The molecule has 2 aliphatic rings. The Morgan fingerprint density at radius 2 is 2.00 bits per heavy atom. The lowest BCUT2D eigenvalue weighted by atomic mass is 9.93. The Morgan fingerprint density at radius 3 is 2.58 bits per heavy atom. The van der Waals surface area contributed by atoms with Crippen molar-refractivity contribution < 1.29 is 15.2 Å². The molecule has 0 aromatic heterocycles. The van der Waals surface area contributed by atoms with Crippen LogP contribution in [0.1, 0.15) is 28.8 Å². The Morgan fingerprint density at radius 1 is 1.21 bits per heavy atom. The highest BCUT2D eigenvalue weighted by Crippen LogP contribution is 2.42. The third-order valence-corrected chi connectivity index (χ3v) is 4.46. The molecule has 0 saturated heterocycles. The van der Waals surface area contributed by atoms with Crippen molar-refractivity contribution in [3.05, 3.63) is 47.5 Å². The molecule has 0 heterocycles. The second kappa shape index (κ2) is 5.17. The number of carbonyl (C=O) groups excluding carboxylic acids is 1. The van der Waals surface area contributed by atoms with Crippen molar-refractivity contribution in [2.45, 2.75) is 19.4 Å². The van der Waals surface area contributed by atoms with Gasteiger partial charge in [0.05, 0.1) is 12.5 Å². The number of rotatable bonds is 5. The van der Waals surface area contributed by atoms with Gasteiger partial charge in [0.2, 0.25) is 0 Å². The van der Waals surface area contributed by atoms with E-state index in [2.05, 4.69) is 17.5 Å². The van der Waals surface area contributed by atoms with Gasteiger partial charge in [0.15, 0.2) is 0 Å². The highest BCUT2D eigenvalue weighted by Gasteiger charge is 2.36. The van der Waals surface area contributed by atoms with Crippen molar-refractivity contribution >= 4 is 5.97 Å². The fourth-order valence-corrected chi connectivity index (χ4v) is 3.41. The summed E-state index contributed by atoms with van der Waals surface area (Å²) in [6.07, 6.45) is 7.47. The van der Waals surface area contributed by atoms with Gasteiger partial charge in [0.25, 0.3) is 0 Å². The molecule has 2 aliphatic carbocycles. The van der Waals surface area contributed by atoms with Crippen molar-refractivity contribution in [3.8, 4) is 0 Å². The third kappa shape index (κ3) is 2.71. The molecule has 2 bridgehead atoms. The summed E-state index contributed by atoms with van der Waals surface area (Å²) in [6, 6.07) is 7.00. The molecule has 1 aromatic rings. The lowest BCUT2D eigenvalue weighted by Crippen LogP contribution is -2.84.